The largest absolute Gasteiger partial charge is 0.431 e. The van der Waals surface area contributed by atoms with E-state index in [-0.39, 0.29) is 0 Å². The predicted octanol–water partition coefficient (Wildman–Crippen LogP) is 4.01. The van der Waals surface area contributed by atoms with Crippen LogP contribution in [0, 0.1) is 0 Å². The molecule has 3 aromatic rings. The van der Waals surface area contributed by atoms with Crippen molar-refractivity contribution in [2.75, 3.05) is 6.73 Å². The zero-order valence-electron chi connectivity index (χ0n) is 10.7. The Labute approximate surface area is 116 Å². The van der Waals surface area contributed by atoms with Crippen molar-refractivity contribution in [1.82, 2.24) is 4.98 Å². The Hall–Kier alpha value is -2.75. The third-order valence-corrected chi connectivity index (χ3v) is 3.31. The van der Waals surface area contributed by atoms with Gasteiger partial charge >= 0.3 is 6.73 Å². The first-order valence-electron chi connectivity index (χ1n) is 6.46. The molecule has 1 aromatic heterocycles. The number of nitrogens with zero attached hydrogens (tertiary/aromatic N) is 3. The maximum absolute atomic E-state index is 5.80. The van der Waals surface area contributed by atoms with Crippen LogP contribution in [0.15, 0.2) is 65.9 Å². The second-order valence-electron chi connectivity index (χ2n) is 4.62. The van der Waals surface area contributed by atoms with E-state index in [2.05, 4.69) is 10.1 Å². The first-order chi connectivity index (χ1) is 9.90. The Morgan fingerprint density at radius 2 is 1.90 bits per heavy atom. The van der Waals surface area contributed by atoms with E-state index in [1.54, 1.807) is 6.20 Å². The van der Waals surface area contributed by atoms with E-state index in [9.17, 15) is 0 Å². The standard InChI is InChI=1S/C16H12N3O/c1-2-6-13(7-3-1)19-11-20-16-9-12-5-4-8-17-14(12)10-15(16)18-19/h1-10H,11H2/q+1. The predicted molar refractivity (Wildman–Crippen MR) is 75.7 cm³/mol. The molecule has 4 rings (SSSR count). The highest BCUT2D eigenvalue weighted by atomic mass is 16.5. The van der Waals surface area contributed by atoms with Gasteiger partial charge in [0.2, 0.25) is 5.69 Å². The van der Waals surface area contributed by atoms with Gasteiger partial charge in [-0.15, -0.1) is 0 Å². The van der Waals surface area contributed by atoms with Crippen LogP contribution in [0.1, 0.15) is 0 Å². The van der Waals surface area contributed by atoms with Crippen LogP contribution in [0.2, 0.25) is 0 Å². The van der Waals surface area contributed by atoms with Crippen molar-refractivity contribution < 1.29 is 9.43 Å². The number of azo groups is 2. The third-order valence-electron chi connectivity index (χ3n) is 3.31. The summed E-state index contributed by atoms with van der Waals surface area (Å²) in [4.78, 5) is 4.35. The maximum atomic E-state index is 5.80. The van der Waals surface area contributed by atoms with Gasteiger partial charge in [0.15, 0.2) is 11.4 Å². The molecular weight excluding hydrogens is 250 g/mol. The van der Waals surface area contributed by atoms with Crippen LogP contribution >= 0.6 is 0 Å². The van der Waals surface area contributed by atoms with Crippen molar-refractivity contribution in [2.45, 2.75) is 0 Å². The molecule has 0 saturated heterocycles. The van der Waals surface area contributed by atoms with Gasteiger partial charge < -0.3 is 4.74 Å². The highest BCUT2D eigenvalue weighted by Crippen LogP contribution is 2.35. The van der Waals surface area contributed by atoms with Crippen LogP contribution in [0.4, 0.5) is 11.4 Å². The smallest absolute Gasteiger partial charge is 0.317 e. The van der Waals surface area contributed by atoms with Crippen molar-refractivity contribution in [3.8, 4) is 5.75 Å². The summed E-state index contributed by atoms with van der Waals surface area (Å²) in [5.41, 5.74) is 2.75. The lowest BCUT2D eigenvalue weighted by atomic mass is 10.2. The average Bonchev–Trinajstić information content (AvgIpc) is 2.53. The number of para-hydroxylation sites is 1. The molecule has 0 amide bonds. The summed E-state index contributed by atoms with van der Waals surface area (Å²) in [6.07, 6.45) is 1.79. The molecule has 0 aliphatic carbocycles. The highest BCUT2D eigenvalue weighted by Gasteiger charge is 2.21. The first-order valence-corrected chi connectivity index (χ1v) is 6.46. The first kappa shape index (κ1) is 11.1. The molecule has 0 N–H and O–H groups in total. The second-order valence-corrected chi connectivity index (χ2v) is 4.62. The highest BCUT2D eigenvalue weighted by molar-refractivity contribution is 5.84. The number of ether oxygens (including phenoxy) is 1. The van der Waals surface area contributed by atoms with E-state index in [1.165, 1.54) is 0 Å². The van der Waals surface area contributed by atoms with Gasteiger partial charge in [0.25, 0.3) is 0 Å². The third kappa shape index (κ3) is 1.82. The van der Waals surface area contributed by atoms with Gasteiger partial charge in [-0.3, -0.25) is 4.98 Å². The molecule has 1 aliphatic rings. The lowest BCUT2D eigenvalue weighted by Gasteiger charge is -2.12. The maximum Gasteiger partial charge on any atom is 0.317 e. The number of rotatable bonds is 1. The number of aromatic nitrogens is 1. The molecule has 4 heteroatoms. The number of benzene rings is 2. The summed E-state index contributed by atoms with van der Waals surface area (Å²) in [5.74, 6) is 0.803. The lowest BCUT2D eigenvalue weighted by molar-refractivity contribution is -0.544. The van der Waals surface area contributed by atoms with E-state index in [4.69, 9.17) is 4.74 Å². The molecule has 0 unspecified atom stereocenters. The van der Waals surface area contributed by atoms with Gasteiger partial charge in [0.05, 0.1) is 5.52 Å². The number of hydrogen-bond donors (Lipinski definition) is 0. The van der Waals surface area contributed by atoms with Gasteiger partial charge in [-0.1, -0.05) is 24.3 Å². The molecule has 96 valence electrons. The fourth-order valence-corrected chi connectivity index (χ4v) is 2.30. The zero-order chi connectivity index (χ0) is 13.4. The van der Waals surface area contributed by atoms with Gasteiger partial charge in [0, 0.05) is 28.8 Å². The Morgan fingerprint density at radius 3 is 2.80 bits per heavy atom. The molecule has 0 saturated carbocycles. The van der Waals surface area contributed by atoms with Crippen LogP contribution in [0.25, 0.3) is 10.9 Å². The molecule has 1 aliphatic heterocycles. The van der Waals surface area contributed by atoms with Gasteiger partial charge in [-0.05, 0) is 22.9 Å². The van der Waals surface area contributed by atoms with Crippen molar-refractivity contribution in [3.05, 3.63) is 60.8 Å². The van der Waals surface area contributed by atoms with Gasteiger partial charge in [-0.2, -0.15) is 0 Å². The SMILES string of the molecule is c1ccc([N+]2=Nc3cc4ncccc4cc3OC2)cc1. The minimum atomic E-state index is 0.419. The molecule has 0 radical (unpaired) electrons. The average molecular weight is 262 g/mol. The number of fused-ring (bicyclic) bond motifs is 2. The Kier molecular flexibility index (Phi) is 2.45. The lowest BCUT2D eigenvalue weighted by Crippen LogP contribution is -2.14. The normalized spacial score (nSPS) is 13.5. The fraction of sp³-hybridized carbons (Fsp3) is 0.0625. The molecule has 20 heavy (non-hydrogen) atoms. The van der Waals surface area contributed by atoms with Crippen molar-refractivity contribution in [1.29, 1.82) is 0 Å². The summed E-state index contributed by atoms with van der Waals surface area (Å²) in [6, 6.07) is 17.9. The van der Waals surface area contributed by atoms with Crippen molar-refractivity contribution >= 4 is 22.3 Å². The summed E-state index contributed by atoms with van der Waals surface area (Å²) in [6.45, 7) is 0.419. The minimum Gasteiger partial charge on any atom is -0.431 e. The van der Waals surface area contributed by atoms with E-state index in [1.807, 2.05) is 59.3 Å². The summed E-state index contributed by atoms with van der Waals surface area (Å²) < 4.78 is 7.65. The quantitative estimate of drug-likeness (QED) is 0.621. The van der Waals surface area contributed by atoms with Crippen molar-refractivity contribution in [2.24, 2.45) is 5.11 Å². The fourth-order valence-electron chi connectivity index (χ4n) is 2.30. The van der Waals surface area contributed by atoms with Gasteiger partial charge in [-0.25, -0.2) is 0 Å². The van der Waals surface area contributed by atoms with Gasteiger partial charge in [0.1, 0.15) is 0 Å². The van der Waals surface area contributed by atoms with Crippen LogP contribution in [-0.2, 0) is 0 Å². The molecular formula is C16H12N3O+. The number of pyridine rings is 1. The Balaban J connectivity index is 1.86. The molecule has 2 aromatic carbocycles. The second kappa shape index (κ2) is 4.42. The molecule has 0 fully saturated rings. The minimum absolute atomic E-state index is 0.419. The van der Waals surface area contributed by atoms with E-state index < -0.39 is 0 Å². The molecule has 4 nitrogen and oxygen atoms in total. The molecule has 0 atom stereocenters. The van der Waals surface area contributed by atoms with Crippen molar-refractivity contribution in [3.63, 3.8) is 0 Å². The topological polar surface area (TPSA) is 37.5 Å². The monoisotopic (exact) mass is 262 g/mol. The molecule has 2 heterocycles. The van der Waals surface area contributed by atoms with E-state index in [0.29, 0.717) is 6.73 Å². The van der Waals surface area contributed by atoms with Crippen LogP contribution < -0.4 is 4.74 Å². The van der Waals surface area contributed by atoms with E-state index >= 15 is 0 Å². The zero-order valence-corrected chi connectivity index (χ0v) is 10.7. The summed E-state index contributed by atoms with van der Waals surface area (Å²) >= 11 is 0. The molecule has 0 bridgehead atoms. The molecule has 0 spiro atoms. The number of hydrogen-bond acceptors (Lipinski definition) is 3. The van der Waals surface area contributed by atoms with E-state index in [0.717, 1.165) is 28.0 Å². The van der Waals surface area contributed by atoms with Crippen LogP contribution in [-0.4, -0.2) is 16.4 Å². The Bertz CT molecular complexity index is 812. The van der Waals surface area contributed by atoms with Crippen LogP contribution in [0.5, 0.6) is 5.75 Å². The summed E-state index contributed by atoms with van der Waals surface area (Å²) in [7, 11) is 0. The van der Waals surface area contributed by atoms with Crippen LogP contribution in [0.3, 0.4) is 0 Å². The Morgan fingerprint density at radius 1 is 1.00 bits per heavy atom. The summed E-state index contributed by atoms with van der Waals surface area (Å²) in [5, 5.41) is 5.70.